The Morgan fingerprint density at radius 1 is 1.38 bits per heavy atom. The van der Waals surface area contributed by atoms with E-state index in [4.69, 9.17) is 11.7 Å². The highest BCUT2D eigenvalue weighted by Gasteiger charge is 2.19. The van der Waals surface area contributed by atoms with Gasteiger partial charge in [-0.1, -0.05) is 5.92 Å². The molecule has 7 heteroatoms. The zero-order chi connectivity index (χ0) is 15.6. The highest BCUT2D eigenvalue weighted by atomic mass is 19.3. The zero-order valence-electron chi connectivity index (χ0n) is 10.8. The molecule has 0 aliphatic rings. The summed E-state index contributed by atoms with van der Waals surface area (Å²) in [6.07, 6.45) is 5.25. The summed E-state index contributed by atoms with van der Waals surface area (Å²) in [5.41, 5.74) is 0.615. The van der Waals surface area contributed by atoms with Crippen molar-refractivity contribution in [3.63, 3.8) is 0 Å². The maximum atomic E-state index is 13.4. The average molecular weight is 291 g/mol. The zero-order valence-corrected chi connectivity index (χ0v) is 10.8. The molecule has 0 N–H and O–H groups in total. The predicted octanol–water partition coefficient (Wildman–Crippen LogP) is 2.77. The molecule has 1 heterocycles. The second-order valence-electron chi connectivity index (χ2n) is 4.01. The van der Waals surface area contributed by atoms with Gasteiger partial charge in [-0.3, -0.25) is 0 Å². The number of alkyl halides is 2. The number of nitrogens with zero attached hydrogens (tertiary/aromatic N) is 3. The van der Waals surface area contributed by atoms with Crippen LogP contribution in [-0.2, 0) is 0 Å². The maximum Gasteiger partial charge on any atom is 0.388 e. The molecule has 0 aliphatic heterocycles. The number of ether oxygens (including phenoxy) is 1. The molecular weight excluding hydrogens is 283 g/mol. The van der Waals surface area contributed by atoms with Crippen LogP contribution in [0.3, 0.4) is 0 Å². The highest BCUT2D eigenvalue weighted by Crippen LogP contribution is 2.25. The minimum absolute atomic E-state index is 0.0399. The van der Waals surface area contributed by atoms with Gasteiger partial charge in [0.1, 0.15) is 11.4 Å². The van der Waals surface area contributed by atoms with Gasteiger partial charge in [-0.25, -0.2) is 9.07 Å². The van der Waals surface area contributed by atoms with Crippen molar-refractivity contribution in [2.24, 2.45) is 0 Å². The molecule has 1 aromatic carbocycles. The molecule has 0 saturated heterocycles. The molecule has 0 spiro atoms. The lowest BCUT2D eigenvalue weighted by atomic mass is 10.2. The molecule has 0 radical (unpaired) electrons. The van der Waals surface area contributed by atoms with E-state index < -0.39 is 18.3 Å². The van der Waals surface area contributed by atoms with Gasteiger partial charge in [-0.15, -0.1) is 11.5 Å². The van der Waals surface area contributed by atoms with Crippen molar-refractivity contribution >= 4 is 0 Å². The fourth-order valence-corrected chi connectivity index (χ4v) is 1.82. The molecule has 0 bridgehead atoms. The average Bonchev–Trinajstić information content (AvgIpc) is 2.73. The lowest BCUT2D eigenvalue weighted by molar-refractivity contribution is -0.0532. The summed E-state index contributed by atoms with van der Waals surface area (Å²) in [4.78, 5) is 0. The van der Waals surface area contributed by atoms with Crippen molar-refractivity contribution in [1.29, 1.82) is 5.26 Å². The molecule has 0 amide bonds. The number of hydrogen-bond donors (Lipinski definition) is 0. The van der Waals surface area contributed by atoms with Gasteiger partial charge in [-0.05, 0) is 25.1 Å². The number of benzene rings is 1. The van der Waals surface area contributed by atoms with Gasteiger partial charge < -0.3 is 4.74 Å². The Balaban J connectivity index is 2.60. The van der Waals surface area contributed by atoms with Gasteiger partial charge in [0.15, 0.2) is 0 Å². The first-order chi connectivity index (χ1) is 9.96. The first kappa shape index (κ1) is 14.5. The SMILES string of the molecule is C#Cc1c(OC(F)F)nn(-c2cc(F)cc(C#N)c2)c1C. The van der Waals surface area contributed by atoms with Crippen molar-refractivity contribution in [1.82, 2.24) is 9.78 Å². The van der Waals surface area contributed by atoms with E-state index in [1.54, 1.807) is 6.07 Å². The largest absolute Gasteiger partial charge is 0.414 e. The second-order valence-corrected chi connectivity index (χ2v) is 4.01. The van der Waals surface area contributed by atoms with Crippen LogP contribution < -0.4 is 4.74 Å². The number of rotatable bonds is 3. The molecule has 0 unspecified atom stereocenters. The normalized spacial score (nSPS) is 10.2. The van der Waals surface area contributed by atoms with Gasteiger partial charge in [-0.2, -0.15) is 14.0 Å². The summed E-state index contributed by atoms with van der Waals surface area (Å²) in [6, 6.07) is 5.30. The molecule has 2 aromatic rings. The summed E-state index contributed by atoms with van der Waals surface area (Å²) in [5, 5.41) is 12.6. The van der Waals surface area contributed by atoms with E-state index in [2.05, 4.69) is 15.8 Å². The van der Waals surface area contributed by atoms with Gasteiger partial charge in [0.25, 0.3) is 5.88 Å². The molecule has 0 atom stereocenters. The molecule has 21 heavy (non-hydrogen) atoms. The van der Waals surface area contributed by atoms with E-state index in [1.807, 2.05) is 0 Å². The number of terminal acetylenes is 1. The van der Waals surface area contributed by atoms with Crippen molar-refractivity contribution in [3.05, 3.63) is 40.8 Å². The molecule has 2 rings (SSSR count). The molecule has 0 saturated carbocycles. The number of halogens is 3. The maximum absolute atomic E-state index is 13.4. The van der Waals surface area contributed by atoms with Crippen molar-refractivity contribution in [2.75, 3.05) is 0 Å². The van der Waals surface area contributed by atoms with E-state index >= 15 is 0 Å². The van der Waals surface area contributed by atoms with E-state index in [0.29, 0.717) is 5.69 Å². The minimum Gasteiger partial charge on any atom is -0.414 e. The predicted molar refractivity (Wildman–Crippen MR) is 67.5 cm³/mol. The Kier molecular flexibility index (Phi) is 3.86. The second kappa shape index (κ2) is 5.59. The van der Waals surface area contributed by atoms with E-state index in [1.165, 1.54) is 13.0 Å². The summed E-state index contributed by atoms with van der Waals surface area (Å²) in [6.45, 7) is -1.56. The number of hydrogen-bond acceptors (Lipinski definition) is 3. The molecule has 4 nitrogen and oxygen atoms in total. The van der Waals surface area contributed by atoms with Crippen LogP contribution in [0.4, 0.5) is 13.2 Å². The van der Waals surface area contributed by atoms with E-state index in [0.717, 1.165) is 16.8 Å². The Bertz CT molecular complexity index is 769. The Hall–Kier alpha value is -2.93. The smallest absolute Gasteiger partial charge is 0.388 e. The summed E-state index contributed by atoms with van der Waals surface area (Å²) >= 11 is 0. The quantitative estimate of drug-likeness (QED) is 0.817. The molecular formula is C14H8F3N3O. The van der Waals surface area contributed by atoms with Crippen molar-refractivity contribution < 1.29 is 17.9 Å². The summed E-state index contributed by atoms with van der Waals surface area (Å²) in [7, 11) is 0. The van der Waals surface area contributed by atoms with Crippen LogP contribution in [0.2, 0.25) is 0 Å². The number of aromatic nitrogens is 2. The van der Waals surface area contributed by atoms with E-state index in [9.17, 15) is 13.2 Å². The first-order valence-electron chi connectivity index (χ1n) is 5.68. The van der Waals surface area contributed by atoms with Crippen LogP contribution in [-0.4, -0.2) is 16.4 Å². The van der Waals surface area contributed by atoms with Crippen LogP contribution in [0.5, 0.6) is 5.88 Å². The topological polar surface area (TPSA) is 50.8 Å². The first-order valence-corrected chi connectivity index (χ1v) is 5.68. The van der Waals surface area contributed by atoms with Crippen molar-refractivity contribution in [2.45, 2.75) is 13.5 Å². The third-order valence-corrected chi connectivity index (χ3v) is 2.69. The van der Waals surface area contributed by atoms with Crippen LogP contribution >= 0.6 is 0 Å². The van der Waals surface area contributed by atoms with Gasteiger partial charge in [0, 0.05) is 0 Å². The molecule has 106 valence electrons. The van der Waals surface area contributed by atoms with Gasteiger partial charge in [0.2, 0.25) is 0 Å². The Labute approximate surface area is 118 Å². The summed E-state index contributed by atoms with van der Waals surface area (Å²) in [5.74, 6) is 1.12. The van der Waals surface area contributed by atoms with Crippen molar-refractivity contribution in [3.8, 4) is 30.0 Å². The monoisotopic (exact) mass is 291 g/mol. The molecule has 0 fully saturated rings. The van der Waals surface area contributed by atoms with Gasteiger partial charge >= 0.3 is 6.61 Å². The third kappa shape index (κ3) is 2.82. The summed E-state index contributed by atoms with van der Waals surface area (Å²) < 4.78 is 43.5. The minimum atomic E-state index is -3.08. The lowest BCUT2D eigenvalue weighted by Crippen LogP contribution is -2.04. The Morgan fingerprint density at radius 2 is 2.10 bits per heavy atom. The fraction of sp³-hybridized carbons (Fsp3) is 0.143. The fourth-order valence-electron chi connectivity index (χ4n) is 1.82. The molecule has 1 aromatic heterocycles. The third-order valence-electron chi connectivity index (χ3n) is 2.69. The van der Waals surface area contributed by atoms with Crippen LogP contribution in [0.25, 0.3) is 5.69 Å². The highest BCUT2D eigenvalue weighted by molar-refractivity contribution is 5.49. The standard InChI is InChI=1S/C14H8F3N3O/c1-3-12-8(2)20(19-13(12)21-14(16)17)11-5-9(7-18)4-10(15)6-11/h1,4-6,14H,2H3. The van der Waals surface area contributed by atoms with Crippen LogP contribution in [0, 0.1) is 36.4 Å². The Morgan fingerprint density at radius 3 is 2.67 bits per heavy atom. The van der Waals surface area contributed by atoms with Crippen LogP contribution in [0.15, 0.2) is 18.2 Å². The van der Waals surface area contributed by atoms with E-state index in [-0.39, 0.29) is 16.8 Å². The van der Waals surface area contributed by atoms with Crippen LogP contribution in [0.1, 0.15) is 16.8 Å². The van der Waals surface area contributed by atoms with Gasteiger partial charge in [0.05, 0.1) is 23.0 Å². The lowest BCUT2D eigenvalue weighted by Gasteiger charge is -2.04. The number of nitriles is 1. The molecule has 0 aliphatic carbocycles.